The van der Waals surface area contributed by atoms with E-state index in [4.69, 9.17) is 5.11 Å². The Morgan fingerprint density at radius 1 is 1.31 bits per heavy atom. The van der Waals surface area contributed by atoms with Crippen molar-refractivity contribution in [2.24, 2.45) is 0 Å². The summed E-state index contributed by atoms with van der Waals surface area (Å²) in [5.41, 5.74) is 0.954. The molecule has 0 aliphatic heterocycles. The van der Waals surface area contributed by atoms with Gasteiger partial charge in [0.05, 0.1) is 4.90 Å². The minimum atomic E-state index is -3.59. The minimum absolute atomic E-state index is 0.135. The van der Waals surface area contributed by atoms with E-state index in [2.05, 4.69) is 0 Å². The van der Waals surface area contributed by atoms with Crippen LogP contribution in [-0.4, -0.2) is 24.7 Å². The summed E-state index contributed by atoms with van der Waals surface area (Å²) < 4.78 is 23.5. The van der Waals surface area contributed by atoms with E-state index in [1.165, 1.54) is 19.1 Å². The summed E-state index contributed by atoms with van der Waals surface area (Å²) >= 11 is 0. The predicted octanol–water partition coefficient (Wildman–Crippen LogP) is 1.89. The minimum Gasteiger partial charge on any atom is -0.480 e. The lowest BCUT2D eigenvalue weighted by atomic mass is 10.2. The van der Waals surface area contributed by atoms with Gasteiger partial charge in [-0.05, 0) is 36.8 Å². The molecule has 88 valence electrons. The van der Waals surface area contributed by atoms with Gasteiger partial charge >= 0.3 is 5.97 Å². The fraction of sp³-hybridized carbons (Fsp3) is 0.300. The quantitative estimate of drug-likeness (QED) is 0.837. The van der Waals surface area contributed by atoms with E-state index in [1.54, 1.807) is 12.1 Å². The Labute approximate surface area is 98.0 Å². The van der Waals surface area contributed by atoms with Crippen LogP contribution >= 0.6 is 10.8 Å². The molecule has 0 aliphatic carbocycles. The Bertz CT molecular complexity index is 476. The third kappa shape index (κ3) is 3.24. The maximum Gasteiger partial charge on any atom is 0.317 e. The fourth-order valence-electron chi connectivity index (χ4n) is 0.992. The molecule has 1 unspecified atom stereocenters. The van der Waals surface area contributed by atoms with Crippen molar-refractivity contribution in [1.82, 2.24) is 0 Å². The Morgan fingerprint density at radius 2 is 1.81 bits per heavy atom. The van der Waals surface area contributed by atoms with Gasteiger partial charge in [-0.25, -0.2) is 8.42 Å². The number of carboxylic acid groups (broad SMARTS) is 1. The van der Waals surface area contributed by atoms with Crippen molar-refractivity contribution in [3.8, 4) is 0 Å². The van der Waals surface area contributed by atoms with E-state index in [9.17, 15) is 13.2 Å². The van der Waals surface area contributed by atoms with Crippen LogP contribution in [0.4, 0.5) is 0 Å². The molecule has 0 bridgehead atoms. The molecule has 6 heteroatoms. The van der Waals surface area contributed by atoms with Crippen molar-refractivity contribution in [2.75, 3.05) is 0 Å². The average Bonchev–Trinajstić information content (AvgIpc) is 2.17. The summed E-state index contributed by atoms with van der Waals surface area (Å²) in [5, 5.41) is 7.67. The van der Waals surface area contributed by atoms with Crippen molar-refractivity contribution in [3.63, 3.8) is 0 Å². The van der Waals surface area contributed by atoms with Gasteiger partial charge in [-0.1, -0.05) is 17.7 Å². The third-order valence-corrected chi connectivity index (χ3v) is 5.73. The van der Waals surface area contributed by atoms with E-state index in [0.717, 1.165) is 5.56 Å². The molecule has 1 aromatic carbocycles. The smallest absolute Gasteiger partial charge is 0.317 e. The first-order valence-electron chi connectivity index (χ1n) is 4.55. The molecule has 0 spiro atoms. The molecule has 16 heavy (non-hydrogen) atoms. The van der Waals surface area contributed by atoms with Crippen LogP contribution in [0.25, 0.3) is 0 Å². The van der Waals surface area contributed by atoms with Crippen molar-refractivity contribution < 1.29 is 18.3 Å². The van der Waals surface area contributed by atoms with Crippen LogP contribution in [0.2, 0.25) is 0 Å². The topological polar surface area (TPSA) is 71.4 Å². The van der Waals surface area contributed by atoms with Crippen LogP contribution in [0.3, 0.4) is 0 Å². The molecular weight excluding hydrogens is 248 g/mol. The predicted molar refractivity (Wildman–Crippen MR) is 63.1 cm³/mol. The van der Waals surface area contributed by atoms with Crippen molar-refractivity contribution in [1.29, 1.82) is 0 Å². The Balaban J connectivity index is 2.94. The van der Waals surface area contributed by atoms with Crippen LogP contribution < -0.4 is 0 Å². The first-order valence-corrected chi connectivity index (χ1v) is 7.43. The average molecular weight is 260 g/mol. The maximum atomic E-state index is 11.8. The van der Waals surface area contributed by atoms with Crippen molar-refractivity contribution >= 4 is 25.6 Å². The summed E-state index contributed by atoms with van der Waals surface area (Å²) in [6, 6.07) is 6.32. The number of aryl methyl sites for hydroxylation is 1. The molecule has 4 nitrogen and oxygen atoms in total. The Hall–Kier alpha value is -1.01. The molecule has 0 aliphatic rings. The van der Waals surface area contributed by atoms with E-state index < -0.39 is 20.1 Å². The zero-order chi connectivity index (χ0) is 12.3. The number of aliphatic carboxylic acids is 1. The highest BCUT2D eigenvalue weighted by molar-refractivity contribution is 8.72. The van der Waals surface area contributed by atoms with Crippen LogP contribution in [0.5, 0.6) is 0 Å². The van der Waals surface area contributed by atoms with E-state index in [0.29, 0.717) is 10.8 Å². The molecule has 0 radical (unpaired) electrons. The van der Waals surface area contributed by atoms with Gasteiger partial charge in [0.15, 0.2) is 0 Å². The number of rotatable bonds is 4. The number of benzene rings is 1. The molecule has 0 aromatic heterocycles. The van der Waals surface area contributed by atoms with Crippen LogP contribution in [0, 0.1) is 6.92 Å². The monoisotopic (exact) mass is 260 g/mol. The first-order chi connectivity index (χ1) is 7.33. The molecule has 1 atom stereocenters. The summed E-state index contributed by atoms with van der Waals surface area (Å²) in [6.45, 7) is 3.20. The molecule has 0 heterocycles. The molecular formula is C10H12O4S2. The third-order valence-electron chi connectivity index (χ3n) is 1.93. The largest absolute Gasteiger partial charge is 0.480 e. The van der Waals surface area contributed by atoms with E-state index in [-0.39, 0.29) is 4.90 Å². The van der Waals surface area contributed by atoms with Gasteiger partial charge < -0.3 is 5.11 Å². The van der Waals surface area contributed by atoms with E-state index in [1.807, 2.05) is 6.92 Å². The Morgan fingerprint density at radius 3 is 2.25 bits per heavy atom. The van der Waals surface area contributed by atoms with E-state index >= 15 is 0 Å². The zero-order valence-corrected chi connectivity index (χ0v) is 10.5. The lowest BCUT2D eigenvalue weighted by molar-refractivity contribution is -0.136. The Kier molecular flexibility index (Phi) is 3.98. The highest BCUT2D eigenvalue weighted by atomic mass is 33.1. The highest BCUT2D eigenvalue weighted by Crippen LogP contribution is 2.27. The highest BCUT2D eigenvalue weighted by Gasteiger charge is 2.23. The number of carbonyl (C=O) groups is 1. The molecule has 0 saturated heterocycles. The van der Waals surface area contributed by atoms with Gasteiger partial charge in [0.2, 0.25) is 8.87 Å². The summed E-state index contributed by atoms with van der Waals surface area (Å²) in [6.07, 6.45) is 0. The lowest BCUT2D eigenvalue weighted by Gasteiger charge is -2.07. The normalized spacial score (nSPS) is 13.4. The van der Waals surface area contributed by atoms with Crippen LogP contribution in [-0.2, 0) is 13.7 Å². The maximum absolute atomic E-state index is 11.8. The van der Waals surface area contributed by atoms with Gasteiger partial charge in [0.25, 0.3) is 0 Å². The van der Waals surface area contributed by atoms with Crippen molar-refractivity contribution in [2.45, 2.75) is 24.0 Å². The molecule has 0 fully saturated rings. The summed E-state index contributed by atoms with van der Waals surface area (Å²) in [5.74, 6) is -1.14. The van der Waals surface area contributed by atoms with Crippen LogP contribution in [0.15, 0.2) is 29.2 Å². The molecule has 1 N–H and O–H groups in total. The molecule has 0 saturated carbocycles. The van der Waals surface area contributed by atoms with Gasteiger partial charge in [-0.3, -0.25) is 4.79 Å². The standard InChI is InChI=1S/C10H12O4S2/c1-7-3-5-9(6-4-7)16(13,14)15-8(2)10(11)12/h3-6,8H,1-2H3,(H,11,12). The number of hydrogen-bond donors (Lipinski definition) is 1. The van der Waals surface area contributed by atoms with Crippen molar-refractivity contribution in [3.05, 3.63) is 29.8 Å². The second-order valence-electron chi connectivity index (χ2n) is 3.34. The molecule has 1 aromatic rings. The van der Waals surface area contributed by atoms with Gasteiger partial charge in [0.1, 0.15) is 5.25 Å². The summed E-state index contributed by atoms with van der Waals surface area (Å²) in [7, 11) is -3.14. The lowest BCUT2D eigenvalue weighted by Crippen LogP contribution is -2.14. The molecule has 1 rings (SSSR count). The van der Waals surface area contributed by atoms with Gasteiger partial charge in [-0.2, -0.15) is 0 Å². The molecule has 0 amide bonds. The van der Waals surface area contributed by atoms with Crippen LogP contribution in [0.1, 0.15) is 12.5 Å². The fourth-order valence-corrected chi connectivity index (χ4v) is 4.09. The van der Waals surface area contributed by atoms with Gasteiger partial charge in [-0.15, -0.1) is 0 Å². The zero-order valence-electron chi connectivity index (χ0n) is 8.88. The number of hydrogen-bond acceptors (Lipinski definition) is 4. The number of carboxylic acids is 1. The second-order valence-corrected chi connectivity index (χ2v) is 7.52. The SMILES string of the molecule is Cc1ccc(S(=O)(=O)SC(C)C(=O)O)cc1. The van der Waals surface area contributed by atoms with Gasteiger partial charge in [0, 0.05) is 0 Å². The second kappa shape index (κ2) is 4.88. The first kappa shape index (κ1) is 13.1. The summed E-state index contributed by atoms with van der Waals surface area (Å²) in [4.78, 5) is 10.7.